The Morgan fingerprint density at radius 1 is 1.44 bits per heavy atom. The number of esters is 1. The van der Waals surface area contributed by atoms with E-state index in [1.54, 1.807) is 26.8 Å². The van der Waals surface area contributed by atoms with Crippen molar-refractivity contribution in [2.45, 2.75) is 26.8 Å². The van der Waals surface area contributed by atoms with Gasteiger partial charge in [0.05, 0.1) is 12.5 Å². The van der Waals surface area contributed by atoms with Gasteiger partial charge in [0.2, 0.25) is 0 Å². The molecule has 0 aromatic rings. The lowest BCUT2D eigenvalue weighted by molar-refractivity contribution is -0.166. The molecule has 0 aromatic carbocycles. The molecule has 0 spiro atoms. The zero-order chi connectivity index (χ0) is 14.2. The summed E-state index contributed by atoms with van der Waals surface area (Å²) in [5.74, 6) is 0.261. The maximum absolute atomic E-state index is 11.6. The molecule has 0 radical (unpaired) electrons. The summed E-state index contributed by atoms with van der Waals surface area (Å²) in [4.78, 5) is 27.9. The minimum absolute atomic E-state index is 0.426. The zero-order valence-corrected chi connectivity index (χ0v) is 12.1. The topological polar surface area (TPSA) is 64.6 Å². The Morgan fingerprint density at radius 2 is 2.06 bits per heavy atom. The first kappa shape index (κ1) is 17.0. The van der Waals surface area contributed by atoms with Crippen molar-refractivity contribution in [2.75, 3.05) is 18.6 Å². The van der Waals surface area contributed by atoms with Crippen molar-refractivity contribution < 1.29 is 19.2 Å². The predicted molar refractivity (Wildman–Crippen MR) is 72.0 cm³/mol. The summed E-state index contributed by atoms with van der Waals surface area (Å²) in [6, 6.07) is -0.675. The number of hydrogen-bond donors (Lipinski definition) is 1. The summed E-state index contributed by atoms with van der Waals surface area (Å²) < 4.78 is 4.63. The van der Waals surface area contributed by atoms with Crippen molar-refractivity contribution in [3.8, 4) is 0 Å². The summed E-state index contributed by atoms with van der Waals surface area (Å²) in [6.45, 7) is 8.78. The fourth-order valence-electron chi connectivity index (χ4n) is 0.839. The van der Waals surface area contributed by atoms with Gasteiger partial charge in [-0.2, -0.15) is 11.8 Å². The van der Waals surface area contributed by atoms with Crippen LogP contribution in [0.15, 0.2) is 12.7 Å². The first-order chi connectivity index (χ1) is 8.32. The van der Waals surface area contributed by atoms with Crippen LogP contribution in [0.3, 0.4) is 0 Å². The number of hydrogen-bond acceptors (Lipinski definition) is 6. The van der Waals surface area contributed by atoms with Crippen molar-refractivity contribution in [1.82, 2.24) is 5.48 Å². The molecule has 1 unspecified atom stereocenters. The van der Waals surface area contributed by atoms with E-state index in [-0.39, 0.29) is 0 Å². The van der Waals surface area contributed by atoms with Crippen LogP contribution in [-0.4, -0.2) is 36.6 Å². The fraction of sp³-hybridized carbons (Fsp3) is 0.667. The van der Waals surface area contributed by atoms with Crippen molar-refractivity contribution in [1.29, 1.82) is 0 Å². The van der Waals surface area contributed by atoms with Crippen LogP contribution in [-0.2, 0) is 19.2 Å². The SMILES string of the molecule is C=CCSCC(NOC(=O)C(C)(C)C)C(=O)OC. The molecule has 1 atom stereocenters. The average Bonchev–Trinajstić information content (AvgIpc) is 2.31. The van der Waals surface area contributed by atoms with Crippen LogP contribution in [0.25, 0.3) is 0 Å². The molecule has 0 aromatic heterocycles. The van der Waals surface area contributed by atoms with E-state index in [4.69, 9.17) is 4.84 Å². The van der Waals surface area contributed by atoms with Crippen molar-refractivity contribution in [3.63, 3.8) is 0 Å². The summed E-state index contributed by atoms with van der Waals surface area (Å²) in [5, 5.41) is 0. The molecule has 18 heavy (non-hydrogen) atoms. The maximum Gasteiger partial charge on any atom is 0.330 e. The average molecular weight is 275 g/mol. The Hall–Kier alpha value is -1.01. The van der Waals surface area contributed by atoms with E-state index in [2.05, 4.69) is 16.8 Å². The highest BCUT2D eigenvalue weighted by Gasteiger charge is 2.26. The predicted octanol–water partition coefficient (Wildman–Crippen LogP) is 1.54. The molecule has 1 N–H and O–H groups in total. The minimum Gasteiger partial charge on any atom is -0.468 e. The number of nitrogens with one attached hydrogen (secondary N) is 1. The Labute approximate surface area is 112 Å². The largest absolute Gasteiger partial charge is 0.468 e. The Morgan fingerprint density at radius 3 is 2.50 bits per heavy atom. The molecule has 0 aliphatic carbocycles. The monoisotopic (exact) mass is 275 g/mol. The van der Waals surface area contributed by atoms with E-state index in [0.29, 0.717) is 11.5 Å². The van der Waals surface area contributed by atoms with Crippen LogP contribution < -0.4 is 5.48 Å². The molecule has 0 bridgehead atoms. The van der Waals surface area contributed by atoms with E-state index in [1.807, 2.05) is 0 Å². The van der Waals surface area contributed by atoms with Gasteiger partial charge in [0.15, 0.2) is 0 Å². The highest BCUT2D eigenvalue weighted by atomic mass is 32.2. The number of methoxy groups -OCH3 is 1. The fourth-order valence-corrected chi connectivity index (χ4v) is 1.58. The van der Waals surface area contributed by atoms with Gasteiger partial charge in [0.1, 0.15) is 6.04 Å². The number of thioether (sulfide) groups is 1. The number of carbonyl (C=O) groups is 2. The Kier molecular flexibility index (Phi) is 7.70. The van der Waals surface area contributed by atoms with Crippen LogP contribution in [0.1, 0.15) is 20.8 Å². The molecule has 0 aliphatic heterocycles. The smallest absolute Gasteiger partial charge is 0.330 e. The number of hydroxylamine groups is 1. The van der Waals surface area contributed by atoms with E-state index >= 15 is 0 Å². The molecule has 104 valence electrons. The van der Waals surface area contributed by atoms with Crippen molar-refractivity contribution >= 4 is 23.7 Å². The standard InChI is InChI=1S/C12H21NO4S/c1-6-7-18-8-9(10(14)16-5)13-17-11(15)12(2,3)4/h6,9,13H,1,7-8H2,2-5H3. The van der Waals surface area contributed by atoms with Crippen LogP contribution in [0.2, 0.25) is 0 Å². The van der Waals surface area contributed by atoms with Gasteiger partial charge >= 0.3 is 11.9 Å². The lowest BCUT2D eigenvalue weighted by Crippen LogP contribution is -2.43. The molecule has 0 fully saturated rings. The molecule has 0 saturated heterocycles. The Bertz CT molecular complexity index is 299. The molecular weight excluding hydrogens is 254 g/mol. The van der Waals surface area contributed by atoms with Gasteiger partial charge in [-0.1, -0.05) is 6.08 Å². The van der Waals surface area contributed by atoms with Gasteiger partial charge in [-0.15, -0.1) is 12.1 Å². The van der Waals surface area contributed by atoms with E-state index in [0.717, 1.165) is 0 Å². The van der Waals surface area contributed by atoms with Gasteiger partial charge in [-0.3, -0.25) is 4.79 Å². The minimum atomic E-state index is -0.675. The number of carbonyl (C=O) groups excluding carboxylic acids is 2. The highest BCUT2D eigenvalue weighted by molar-refractivity contribution is 7.99. The van der Waals surface area contributed by atoms with Gasteiger partial charge in [-0.05, 0) is 20.8 Å². The number of ether oxygens (including phenoxy) is 1. The molecule has 5 nitrogen and oxygen atoms in total. The van der Waals surface area contributed by atoms with Crippen molar-refractivity contribution in [3.05, 3.63) is 12.7 Å². The molecule has 0 aliphatic rings. The van der Waals surface area contributed by atoms with Crippen LogP contribution >= 0.6 is 11.8 Å². The first-order valence-electron chi connectivity index (χ1n) is 5.56. The third kappa shape index (κ3) is 6.66. The quantitative estimate of drug-likeness (QED) is 0.329. The third-order valence-electron chi connectivity index (χ3n) is 1.91. The summed E-state index contributed by atoms with van der Waals surface area (Å²) in [7, 11) is 1.29. The normalized spacial score (nSPS) is 12.7. The van der Waals surface area contributed by atoms with Crippen LogP contribution in [0, 0.1) is 5.41 Å². The zero-order valence-electron chi connectivity index (χ0n) is 11.3. The molecule has 0 amide bonds. The molecule has 0 saturated carbocycles. The summed E-state index contributed by atoms with van der Waals surface area (Å²) >= 11 is 1.49. The van der Waals surface area contributed by atoms with Gasteiger partial charge in [-0.25, -0.2) is 4.79 Å². The van der Waals surface area contributed by atoms with E-state index in [1.165, 1.54) is 18.9 Å². The van der Waals surface area contributed by atoms with E-state index in [9.17, 15) is 9.59 Å². The second-order valence-corrected chi connectivity index (χ2v) is 5.73. The van der Waals surface area contributed by atoms with Gasteiger partial charge in [0.25, 0.3) is 0 Å². The van der Waals surface area contributed by atoms with Crippen LogP contribution in [0.5, 0.6) is 0 Å². The van der Waals surface area contributed by atoms with Crippen molar-refractivity contribution in [2.24, 2.45) is 5.41 Å². The van der Waals surface area contributed by atoms with Gasteiger partial charge in [0, 0.05) is 11.5 Å². The summed E-state index contributed by atoms with van der Waals surface area (Å²) in [5.41, 5.74) is 1.83. The van der Waals surface area contributed by atoms with Gasteiger partial charge < -0.3 is 9.57 Å². The molecule has 0 rings (SSSR count). The second-order valence-electron chi connectivity index (χ2n) is 4.66. The lowest BCUT2D eigenvalue weighted by Gasteiger charge is -2.20. The second kappa shape index (κ2) is 8.16. The first-order valence-corrected chi connectivity index (χ1v) is 6.71. The van der Waals surface area contributed by atoms with E-state index < -0.39 is 23.4 Å². The summed E-state index contributed by atoms with van der Waals surface area (Å²) in [6.07, 6.45) is 1.74. The highest BCUT2D eigenvalue weighted by Crippen LogP contribution is 2.14. The molecule has 6 heteroatoms. The lowest BCUT2D eigenvalue weighted by atomic mass is 9.98. The maximum atomic E-state index is 11.6. The molecular formula is C12H21NO4S. The third-order valence-corrected chi connectivity index (χ3v) is 2.95. The Balaban J connectivity index is 4.28. The number of rotatable bonds is 7. The molecule has 0 heterocycles. The van der Waals surface area contributed by atoms with Crippen LogP contribution in [0.4, 0.5) is 0 Å².